The van der Waals surface area contributed by atoms with Crippen LogP contribution >= 0.6 is 0 Å². The number of anilines is 3. The van der Waals surface area contributed by atoms with Crippen LogP contribution in [0.3, 0.4) is 0 Å². The third kappa shape index (κ3) is 6.20. The van der Waals surface area contributed by atoms with E-state index in [1.165, 1.54) is 5.56 Å². The van der Waals surface area contributed by atoms with Crippen molar-refractivity contribution in [2.24, 2.45) is 0 Å². The predicted octanol–water partition coefficient (Wildman–Crippen LogP) is 4.61. The van der Waals surface area contributed by atoms with Gasteiger partial charge in [0, 0.05) is 61.8 Å². The van der Waals surface area contributed by atoms with Gasteiger partial charge in [0.2, 0.25) is 5.91 Å². The number of nitrogens with zero attached hydrogens (tertiary/aromatic N) is 2. The molecule has 3 aromatic rings. The molecule has 0 saturated carbocycles. The summed E-state index contributed by atoms with van der Waals surface area (Å²) in [6.45, 7) is 6.80. The van der Waals surface area contributed by atoms with E-state index in [4.69, 9.17) is 0 Å². The molecule has 0 unspecified atom stereocenters. The molecule has 4 rings (SSSR count). The zero-order chi connectivity index (χ0) is 23.0. The Hall–Kier alpha value is -3.64. The van der Waals surface area contributed by atoms with E-state index >= 15 is 0 Å². The van der Waals surface area contributed by atoms with Crippen molar-refractivity contribution in [1.82, 2.24) is 4.90 Å². The standard InChI is InChI=1S/C27H30N4O2/c1-2-26(32)28-24-10-6-9-22(19-24)27(33)29-23-11-13-25(14-12-23)31-17-15-30(16-18-31)20-21-7-4-3-5-8-21/h3-14,19H,2,15-18,20H2,1H3,(H,28,32)(H,29,33). The van der Waals surface area contributed by atoms with Gasteiger partial charge in [-0.05, 0) is 48.0 Å². The second kappa shape index (κ2) is 10.8. The maximum Gasteiger partial charge on any atom is 0.255 e. The summed E-state index contributed by atoms with van der Waals surface area (Å²) >= 11 is 0. The highest BCUT2D eigenvalue weighted by Crippen LogP contribution is 2.21. The van der Waals surface area contributed by atoms with Gasteiger partial charge in [-0.2, -0.15) is 0 Å². The quantitative estimate of drug-likeness (QED) is 0.561. The minimum atomic E-state index is -0.204. The Morgan fingerprint density at radius 3 is 2.21 bits per heavy atom. The van der Waals surface area contributed by atoms with Crippen LogP contribution in [0.2, 0.25) is 0 Å². The highest BCUT2D eigenvalue weighted by molar-refractivity contribution is 6.05. The molecule has 3 aromatic carbocycles. The molecule has 0 aliphatic carbocycles. The SMILES string of the molecule is CCC(=O)Nc1cccc(C(=O)Nc2ccc(N3CCN(Cc4ccccc4)CC3)cc2)c1. The van der Waals surface area contributed by atoms with Gasteiger partial charge in [-0.25, -0.2) is 0 Å². The summed E-state index contributed by atoms with van der Waals surface area (Å²) in [6, 6.07) is 25.5. The molecule has 0 radical (unpaired) electrons. The Bertz CT molecular complexity index is 1070. The second-order valence-corrected chi connectivity index (χ2v) is 8.23. The lowest BCUT2D eigenvalue weighted by Gasteiger charge is -2.36. The molecule has 0 aromatic heterocycles. The van der Waals surface area contributed by atoms with Crippen LogP contribution in [0.1, 0.15) is 29.3 Å². The first-order valence-corrected chi connectivity index (χ1v) is 11.4. The Labute approximate surface area is 195 Å². The van der Waals surface area contributed by atoms with E-state index < -0.39 is 0 Å². The molecule has 1 aliphatic rings. The first kappa shape index (κ1) is 22.6. The number of benzene rings is 3. The van der Waals surface area contributed by atoms with E-state index in [2.05, 4.69) is 62.9 Å². The zero-order valence-corrected chi connectivity index (χ0v) is 19.0. The Kier molecular flexibility index (Phi) is 7.37. The molecule has 2 amide bonds. The van der Waals surface area contributed by atoms with Gasteiger partial charge in [0.15, 0.2) is 0 Å². The smallest absolute Gasteiger partial charge is 0.255 e. The summed E-state index contributed by atoms with van der Waals surface area (Å²) in [5.41, 5.74) is 4.38. The van der Waals surface area contributed by atoms with Crippen molar-refractivity contribution >= 4 is 28.9 Å². The molecule has 1 saturated heterocycles. The maximum atomic E-state index is 12.7. The minimum absolute atomic E-state index is 0.0796. The normalized spacial score (nSPS) is 14.0. The van der Waals surface area contributed by atoms with Crippen molar-refractivity contribution in [1.29, 1.82) is 0 Å². The average Bonchev–Trinajstić information content (AvgIpc) is 2.86. The zero-order valence-electron chi connectivity index (χ0n) is 19.0. The molecule has 0 atom stereocenters. The molecule has 1 aliphatic heterocycles. The minimum Gasteiger partial charge on any atom is -0.369 e. The highest BCUT2D eigenvalue weighted by atomic mass is 16.2. The van der Waals surface area contributed by atoms with Crippen LogP contribution < -0.4 is 15.5 Å². The van der Waals surface area contributed by atoms with Gasteiger partial charge in [0.05, 0.1) is 0 Å². The monoisotopic (exact) mass is 442 g/mol. The van der Waals surface area contributed by atoms with Crippen molar-refractivity contribution < 1.29 is 9.59 Å². The van der Waals surface area contributed by atoms with Crippen LogP contribution in [0, 0.1) is 0 Å². The number of hydrogen-bond acceptors (Lipinski definition) is 4. The Morgan fingerprint density at radius 1 is 0.788 bits per heavy atom. The van der Waals surface area contributed by atoms with Crippen molar-refractivity contribution in [3.05, 3.63) is 90.0 Å². The van der Waals surface area contributed by atoms with Gasteiger partial charge in [-0.15, -0.1) is 0 Å². The van der Waals surface area contributed by atoms with Crippen molar-refractivity contribution in [3.8, 4) is 0 Å². The first-order valence-electron chi connectivity index (χ1n) is 11.4. The Balaban J connectivity index is 1.30. The summed E-state index contributed by atoms with van der Waals surface area (Å²) in [5, 5.41) is 5.72. The lowest BCUT2D eigenvalue weighted by molar-refractivity contribution is -0.115. The van der Waals surface area contributed by atoms with Crippen LogP contribution in [0.5, 0.6) is 0 Å². The summed E-state index contributed by atoms with van der Waals surface area (Å²) in [5.74, 6) is -0.283. The number of hydrogen-bond donors (Lipinski definition) is 2. The van der Waals surface area contributed by atoms with Crippen molar-refractivity contribution in [3.63, 3.8) is 0 Å². The fourth-order valence-corrected chi connectivity index (χ4v) is 3.95. The Morgan fingerprint density at radius 2 is 1.52 bits per heavy atom. The molecule has 33 heavy (non-hydrogen) atoms. The fraction of sp³-hybridized carbons (Fsp3) is 0.259. The lowest BCUT2D eigenvalue weighted by atomic mass is 10.1. The summed E-state index contributed by atoms with van der Waals surface area (Å²) in [7, 11) is 0. The van der Waals surface area contributed by atoms with Gasteiger partial charge in [-0.1, -0.05) is 43.3 Å². The molecule has 0 spiro atoms. The molecule has 2 N–H and O–H groups in total. The number of nitrogens with one attached hydrogen (secondary N) is 2. The first-order chi connectivity index (χ1) is 16.1. The summed E-state index contributed by atoms with van der Waals surface area (Å²) < 4.78 is 0. The predicted molar refractivity (Wildman–Crippen MR) is 134 cm³/mol. The molecule has 0 bridgehead atoms. The second-order valence-electron chi connectivity index (χ2n) is 8.23. The van der Waals surface area contributed by atoms with E-state index in [1.807, 2.05) is 12.1 Å². The fourth-order valence-electron chi connectivity index (χ4n) is 3.95. The van der Waals surface area contributed by atoms with Crippen LogP contribution in [-0.2, 0) is 11.3 Å². The molecule has 1 heterocycles. The maximum absolute atomic E-state index is 12.7. The molecular weight excluding hydrogens is 412 g/mol. The average molecular weight is 443 g/mol. The number of amides is 2. The number of carbonyl (C=O) groups excluding carboxylic acids is 2. The molecule has 1 fully saturated rings. The van der Waals surface area contributed by atoms with Crippen molar-refractivity contribution in [2.75, 3.05) is 41.7 Å². The van der Waals surface area contributed by atoms with Gasteiger partial charge in [0.25, 0.3) is 5.91 Å². The third-order valence-corrected chi connectivity index (χ3v) is 5.84. The van der Waals surface area contributed by atoms with E-state index in [0.29, 0.717) is 17.7 Å². The lowest BCUT2D eigenvalue weighted by Crippen LogP contribution is -2.45. The van der Waals surface area contributed by atoms with E-state index in [-0.39, 0.29) is 11.8 Å². The van der Waals surface area contributed by atoms with Crippen LogP contribution in [0.4, 0.5) is 17.1 Å². The van der Waals surface area contributed by atoms with Gasteiger partial charge < -0.3 is 15.5 Å². The van der Waals surface area contributed by atoms with Crippen LogP contribution in [0.15, 0.2) is 78.9 Å². The van der Waals surface area contributed by atoms with E-state index in [9.17, 15) is 9.59 Å². The molecular formula is C27H30N4O2. The van der Waals surface area contributed by atoms with Gasteiger partial charge in [-0.3, -0.25) is 14.5 Å². The topological polar surface area (TPSA) is 64.7 Å². The number of piperazine rings is 1. The van der Waals surface area contributed by atoms with Gasteiger partial charge in [0.1, 0.15) is 0 Å². The number of rotatable bonds is 7. The van der Waals surface area contributed by atoms with Gasteiger partial charge >= 0.3 is 0 Å². The molecule has 170 valence electrons. The van der Waals surface area contributed by atoms with Crippen molar-refractivity contribution in [2.45, 2.75) is 19.9 Å². The largest absolute Gasteiger partial charge is 0.369 e. The van der Waals surface area contributed by atoms with E-state index in [1.54, 1.807) is 31.2 Å². The summed E-state index contributed by atoms with van der Waals surface area (Å²) in [4.78, 5) is 29.1. The molecule has 6 nitrogen and oxygen atoms in total. The third-order valence-electron chi connectivity index (χ3n) is 5.84. The van der Waals surface area contributed by atoms with Crippen LogP contribution in [-0.4, -0.2) is 42.9 Å². The van der Waals surface area contributed by atoms with Crippen LogP contribution in [0.25, 0.3) is 0 Å². The molecule has 6 heteroatoms. The highest BCUT2D eigenvalue weighted by Gasteiger charge is 2.17. The van der Waals surface area contributed by atoms with E-state index in [0.717, 1.165) is 44.1 Å². The number of carbonyl (C=O) groups is 2. The summed E-state index contributed by atoms with van der Waals surface area (Å²) in [6.07, 6.45) is 0.394.